The highest BCUT2D eigenvalue weighted by Crippen LogP contribution is 2.36. The van der Waals surface area contributed by atoms with E-state index in [1.165, 1.54) is 0 Å². The molecule has 0 aromatic heterocycles. The van der Waals surface area contributed by atoms with Crippen LogP contribution in [0.25, 0.3) is 0 Å². The molecule has 1 atom stereocenters. The summed E-state index contributed by atoms with van der Waals surface area (Å²) in [6.45, 7) is 0.496. The SMILES string of the molecule is O=C(O)C1(Cc2ccc3c(c2)OCO3)CO1. The van der Waals surface area contributed by atoms with Crippen LogP contribution in [0.5, 0.6) is 11.5 Å². The zero-order chi connectivity index (χ0) is 11.2. The predicted molar refractivity (Wildman–Crippen MR) is 52.6 cm³/mol. The van der Waals surface area contributed by atoms with Crippen LogP contribution in [-0.4, -0.2) is 30.1 Å². The number of hydrogen-bond donors (Lipinski definition) is 1. The lowest BCUT2D eigenvalue weighted by Crippen LogP contribution is -2.26. The van der Waals surface area contributed by atoms with Gasteiger partial charge in [-0.3, -0.25) is 0 Å². The molecule has 84 valence electrons. The molecular weight excluding hydrogens is 212 g/mol. The number of rotatable bonds is 3. The van der Waals surface area contributed by atoms with Gasteiger partial charge in [0.25, 0.3) is 0 Å². The van der Waals surface area contributed by atoms with Gasteiger partial charge in [-0.25, -0.2) is 4.79 Å². The first kappa shape index (κ1) is 9.47. The Morgan fingerprint density at radius 2 is 2.12 bits per heavy atom. The molecular formula is C11H10O5. The van der Waals surface area contributed by atoms with Crippen LogP contribution in [-0.2, 0) is 16.0 Å². The Bertz CT molecular complexity index is 450. The first-order valence-electron chi connectivity index (χ1n) is 4.95. The van der Waals surface area contributed by atoms with Crippen molar-refractivity contribution in [3.63, 3.8) is 0 Å². The van der Waals surface area contributed by atoms with E-state index in [0.717, 1.165) is 5.56 Å². The molecule has 1 saturated heterocycles. The molecule has 2 aliphatic heterocycles. The maximum Gasteiger partial charge on any atom is 0.338 e. The highest BCUT2D eigenvalue weighted by molar-refractivity contribution is 5.80. The number of carboxylic acids is 1. The van der Waals surface area contributed by atoms with E-state index in [1.807, 2.05) is 6.07 Å². The first-order chi connectivity index (χ1) is 7.70. The largest absolute Gasteiger partial charge is 0.479 e. The van der Waals surface area contributed by atoms with Crippen molar-refractivity contribution in [3.05, 3.63) is 23.8 Å². The molecule has 0 amide bonds. The second-order valence-electron chi connectivity index (χ2n) is 3.95. The molecule has 0 aliphatic carbocycles. The molecule has 2 aliphatic rings. The van der Waals surface area contributed by atoms with E-state index in [-0.39, 0.29) is 13.4 Å². The molecule has 0 saturated carbocycles. The standard InChI is InChI=1S/C11H10O5/c12-10(13)11(5-16-11)4-7-1-2-8-9(3-7)15-6-14-8/h1-3H,4-6H2,(H,12,13). The second-order valence-corrected chi connectivity index (χ2v) is 3.95. The average Bonchev–Trinajstić information content (AvgIpc) is 2.90. The maximum atomic E-state index is 10.9. The Hall–Kier alpha value is -1.75. The van der Waals surface area contributed by atoms with E-state index in [4.69, 9.17) is 19.3 Å². The molecule has 1 unspecified atom stereocenters. The van der Waals surface area contributed by atoms with Gasteiger partial charge in [0, 0.05) is 6.42 Å². The highest BCUT2D eigenvalue weighted by Gasteiger charge is 2.52. The minimum atomic E-state index is -1.02. The van der Waals surface area contributed by atoms with Gasteiger partial charge in [0.2, 0.25) is 6.79 Å². The van der Waals surface area contributed by atoms with E-state index in [0.29, 0.717) is 17.9 Å². The molecule has 5 nitrogen and oxygen atoms in total. The molecule has 16 heavy (non-hydrogen) atoms. The molecule has 1 fully saturated rings. The van der Waals surface area contributed by atoms with Crippen LogP contribution in [0.2, 0.25) is 0 Å². The van der Waals surface area contributed by atoms with Crippen molar-refractivity contribution in [2.75, 3.05) is 13.4 Å². The molecule has 0 spiro atoms. The monoisotopic (exact) mass is 222 g/mol. The number of aliphatic carboxylic acids is 1. The number of epoxide rings is 1. The van der Waals surface area contributed by atoms with Gasteiger partial charge in [-0.15, -0.1) is 0 Å². The summed E-state index contributed by atoms with van der Waals surface area (Å²) >= 11 is 0. The normalized spacial score (nSPS) is 25.5. The lowest BCUT2D eigenvalue weighted by molar-refractivity contribution is -0.143. The van der Waals surface area contributed by atoms with Gasteiger partial charge in [0.1, 0.15) is 0 Å². The fourth-order valence-corrected chi connectivity index (χ4v) is 1.77. The Morgan fingerprint density at radius 1 is 1.38 bits per heavy atom. The average molecular weight is 222 g/mol. The van der Waals surface area contributed by atoms with Crippen molar-refractivity contribution in [3.8, 4) is 11.5 Å². The van der Waals surface area contributed by atoms with Crippen LogP contribution in [0.15, 0.2) is 18.2 Å². The van der Waals surface area contributed by atoms with Crippen LogP contribution >= 0.6 is 0 Å². The van der Waals surface area contributed by atoms with Crippen molar-refractivity contribution in [1.29, 1.82) is 0 Å². The van der Waals surface area contributed by atoms with Crippen molar-refractivity contribution < 1.29 is 24.1 Å². The second kappa shape index (κ2) is 3.12. The highest BCUT2D eigenvalue weighted by atomic mass is 16.7. The number of carboxylic acid groups (broad SMARTS) is 1. The molecule has 3 rings (SSSR count). The third-order valence-electron chi connectivity index (χ3n) is 2.81. The third-order valence-corrected chi connectivity index (χ3v) is 2.81. The fourth-order valence-electron chi connectivity index (χ4n) is 1.77. The summed E-state index contributed by atoms with van der Waals surface area (Å²) in [5.74, 6) is 0.452. The smallest absolute Gasteiger partial charge is 0.338 e. The van der Waals surface area contributed by atoms with Gasteiger partial charge in [0.15, 0.2) is 17.1 Å². The van der Waals surface area contributed by atoms with E-state index < -0.39 is 11.6 Å². The van der Waals surface area contributed by atoms with Crippen LogP contribution in [0.1, 0.15) is 5.56 Å². The maximum absolute atomic E-state index is 10.9. The quantitative estimate of drug-likeness (QED) is 0.766. The van der Waals surface area contributed by atoms with Crippen LogP contribution in [0.4, 0.5) is 0 Å². The zero-order valence-electron chi connectivity index (χ0n) is 8.43. The van der Waals surface area contributed by atoms with Crippen LogP contribution in [0.3, 0.4) is 0 Å². The summed E-state index contributed by atoms with van der Waals surface area (Å²) in [7, 11) is 0. The molecule has 1 aromatic rings. The summed E-state index contributed by atoms with van der Waals surface area (Å²) in [6.07, 6.45) is 0.360. The van der Waals surface area contributed by atoms with Gasteiger partial charge >= 0.3 is 5.97 Å². The molecule has 1 aromatic carbocycles. The summed E-state index contributed by atoms with van der Waals surface area (Å²) in [5, 5.41) is 8.98. The van der Waals surface area contributed by atoms with Crippen LogP contribution in [0, 0.1) is 0 Å². The predicted octanol–water partition coefficient (Wildman–Crippen LogP) is 0.811. The Labute approximate surface area is 91.5 Å². The van der Waals surface area contributed by atoms with Gasteiger partial charge in [-0.2, -0.15) is 0 Å². The number of carbonyl (C=O) groups is 1. The molecule has 0 bridgehead atoms. The first-order valence-corrected chi connectivity index (χ1v) is 4.95. The van der Waals surface area contributed by atoms with Gasteiger partial charge in [-0.1, -0.05) is 6.07 Å². The van der Waals surface area contributed by atoms with Crippen LogP contribution < -0.4 is 9.47 Å². The molecule has 5 heteroatoms. The Kier molecular flexibility index (Phi) is 1.85. The number of fused-ring (bicyclic) bond motifs is 1. The summed E-state index contributed by atoms with van der Waals surface area (Å²) < 4.78 is 15.4. The third kappa shape index (κ3) is 1.40. The number of hydrogen-bond acceptors (Lipinski definition) is 4. The minimum Gasteiger partial charge on any atom is -0.479 e. The fraction of sp³-hybridized carbons (Fsp3) is 0.364. The lowest BCUT2D eigenvalue weighted by Gasteiger charge is -2.07. The van der Waals surface area contributed by atoms with Gasteiger partial charge in [-0.05, 0) is 17.7 Å². The van der Waals surface area contributed by atoms with Crippen molar-refractivity contribution in [2.24, 2.45) is 0 Å². The van der Waals surface area contributed by atoms with Gasteiger partial charge < -0.3 is 19.3 Å². The minimum absolute atomic E-state index is 0.222. The van der Waals surface area contributed by atoms with E-state index in [1.54, 1.807) is 12.1 Å². The zero-order valence-corrected chi connectivity index (χ0v) is 8.43. The van der Waals surface area contributed by atoms with Crippen molar-refractivity contribution >= 4 is 5.97 Å². The summed E-state index contributed by atoms with van der Waals surface area (Å²) in [5.41, 5.74) is -0.141. The summed E-state index contributed by atoms with van der Waals surface area (Å²) in [4.78, 5) is 10.9. The molecule has 2 heterocycles. The van der Waals surface area contributed by atoms with E-state index >= 15 is 0 Å². The molecule has 1 N–H and O–H groups in total. The Morgan fingerprint density at radius 3 is 2.81 bits per heavy atom. The lowest BCUT2D eigenvalue weighted by atomic mass is 10.00. The number of ether oxygens (including phenoxy) is 3. The summed E-state index contributed by atoms with van der Waals surface area (Å²) in [6, 6.07) is 5.42. The number of benzene rings is 1. The van der Waals surface area contributed by atoms with Gasteiger partial charge in [0.05, 0.1) is 6.61 Å². The topological polar surface area (TPSA) is 68.3 Å². The van der Waals surface area contributed by atoms with E-state index in [2.05, 4.69) is 0 Å². The molecule has 0 radical (unpaired) electrons. The van der Waals surface area contributed by atoms with Crippen molar-refractivity contribution in [1.82, 2.24) is 0 Å². The Balaban J connectivity index is 1.83. The van der Waals surface area contributed by atoms with Crippen molar-refractivity contribution in [2.45, 2.75) is 12.0 Å². The van der Waals surface area contributed by atoms with E-state index in [9.17, 15) is 4.79 Å².